The second-order valence-corrected chi connectivity index (χ2v) is 5.50. The van der Waals surface area contributed by atoms with Crippen molar-refractivity contribution in [3.8, 4) is 11.5 Å². The van der Waals surface area contributed by atoms with Crippen LogP contribution in [-0.2, 0) is 9.59 Å². The molecule has 112 valence electrons. The second kappa shape index (κ2) is 5.37. The number of benzene rings is 2. The van der Waals surface area contributed by atoms with Gasteiger partial charge in [0.15, 0.2) is 0 Å². The number of hydrogen-bond donors (Lipinski definition) is 0. The summed E-state index contributed by atoms with van der Waals surface area (Å²) in [6.45, 7) is 2.78. The van der Waals surface area contributed by atoms with Crippen molar-refractivity contribution in [1.29, 1.82) is 0 Å². The molecular weight excluding hydrogens is 283 g/mol. The van der Waals surface area contributed by atoms with E-state index < -0.39 is 17.7 Å². The SMILES string of the molecule is CC(=O)C(C(C)=O)C1c2ccccc2Oc2ccc(F)cc21. The van der Waals surface area contributed by atoms with Crippen LogP contribution in [0.4, 0.5) is 4.39 Å². The first kappa shape index (κ1) is 14.4. The van der Waals surface area contributed by atoms with Crippen LogP contribution in [0.5, 0.6) is 11.5 Å². The molecule has 4 heteroatoms. The Hall–Kier alpha value is -2.49. The Morgan fingerprint density at radius 1 is 1.00 bits per heavy atom. The Labute approximate surface area is 127 Å². The van der Waals surface area contributed by atoms with Crippen molar-refractivity contribution in [1.82, 2.24) is 0 Å². The van der Waals surface area contributed by atoms with Gasteiger partial charge < -0.3 is 4.74 Å². The van der Waals surface area contributed by atoms with Gasteiger partial charge in [-0.25, -0.2) is 4.39 Å². The molecule has 0 N–H and O–H groups in total. The summed E-state index contributed by atoms with van der Waals surface area (Å²) in [5.74, 6) is -1.17. The van der Waals surface area contributed by atoms with Gasteiger partial charge in [-0.1, -0.05) is 18.2 Å². The van der Waals surface area contributed by atoms with Gasteiger partial charge >= 0.3 is 0 Å². The number of carbonyl (C=O) groups excluding carboxylic acids is 2. The molecule has 1 aliphatic rings. The van der Waals surface area contributed by atoms with Crippen molar-refractivity contribution >= 4 is 11.6 Å². The van der Waals surface area contributed by atoms with E-state index in [-0.39, 0.29) is 11.6 Å². The molecule has 0 saturated heterocycles. The highest BCUT2D eigenvalue weighted by Crippen LogP contribution is 2.47. The second-order valence-electron chi connectivity index (χ2n) is 5.50. The van der Waals surface area contributed by atoms with E-state index in [9.17, 15) is 14.0 Å². The number of fused-ring (bicyclic) bond motifs is 2. The summed E-state index contributed by atoms with van der Waals surface area (Å²) in [6.07, 6.45) is 0. The summed E-state index contributed by atoms with van der Waals surface area (Å²) in [6, 6.07) is 11.4. The molecule has 0 bridgehead atoms. The quantitative estimate of drug-likeness (QED) is 0.808. The lowest BCUT2D eigenvalue weighted by atomic mass is 9.75. The van der Waals surface area contributed by atoms with Gasteiger partial charge in [0.25, 0.3) is 0 Å². The van der Waals surface area contributed by atoms with Crippen LogP contribution in [0.2, 0.25) is 0 Å². The Morgan fingerprint density at radius 3 is 2.32 bits per heavy atom. The first-order chi connectivity index (χ1) is 10.5. The van der Waals surface area contributed by atoms with Crippen LogP contribution in [0, 0.1) is 11.7 Å². The lowest BCUT2D eigenvalue weighted by Crippen LogP contribution is -2.29. The van der Waals surface area contributed by atoms with E-state index in [0.717, 1.165) is 5.56 Å². The lowest BCUT2D eigenvalue weighted by Gasteiger charge is -2.31. The molecule has 1 atom stereocenters. The number of ether oxygens (including phenoxy) is 1. The number of rotatable bonds is 3. The van der Waals surface area contributed by atoms with E-state index in [1.165, 1.54) is 32.0 Å². The predicted molar refractivity (Wildman–Crippen MR) is 79.6 cm³/mol. The standard InChI is InChI=1S/C18H15FO3/c1-10(20)17(11(2)21)18-13-5-3-4-6-15(13)22-16-8-7-12(19)9-14(16)18/h3-9,17-18H,1-2H3. The van der Waals surface area contributed by atoms with Gasteiger partial charge in [-0.15, -0.1) is 0 Å². The minimum atomic E-state index is -0.842. The minimum Gasteiger partial charge on any atom is -0.457 e. The number of halogens is 1. The summed E-state index contributed by atoms with van der Waals surface area (Å²) in [5, 5.41) is 0. The molecule has 0 aromatic heterocycles. The zero-order valence-corrected chi connectivity index (χ0v) is 12.3. The highest BCUT2D eigenvalue weighted by Gasteiger charge is 2.38. The van der Waals surface area contributed by atoms with Crippen molar-refractivity contribution in [3.05, 3.63) is 59.4 Å². The topological polar surface area (TPSA) is 43.4 Å². The maximum Gasteiger partial charge on any atom is 0.141 e. The zero-order chi connectivity index (χ0) is 15.9. The molecule has 0 amide bonds. The molecule has 1 unspecified atom stereocenters. The Kier molecular flexibility index (Phi) is 3.53. The molecule has 2 aromatic carbocycles. The maximum absolute atomic E-state index is 13.7. The van der Waals surface area contributed by atoms with E-state index in [1.54, 1.807) is 6.07 Å². The normalized spacial score (nSPS) is 15.7. The summed E-state index contributed by atoms with van der Waals surface area (Å²) < 4.78 is 19.5. The Bertz CT molecular complexity index is 753. The Balaban J connectivity index is 2.25. The molecule has 0 radical (unpaired) electrons. The van der Waals surface area contributed by atoms with Gasteiger partial charge in [0.1, 0.15) is 28.9 Å². The fraction of sp³-hybridized carbons (Fsp3) is 0.222. The molecule has 0 saturated carbocycles. The van der Waals surface area contributed by atoms with Crippen LogP contribution < -0.4 is 4.74 Å². The van der Waals surface area contributed by atoms with Crippen molar-refractivity contribution in [2.45, 2.75) is 19.8 Å². The van der Waals surface area contributed by atoms with Crippen LogP contribution in [0.25, 0.3) is 0 Å². The van der Waals surface area contributed by atoms with Gasteiger partial charge in [0, 0.05) is 17.0 Å². The molecule has 0 aliphatic carbocycles. The smallest absolute Gasteiger partial charge is 0.141 e. The number of Topliss-reactive ketones (excluding diaryl/α,β-unsaturated/α-hetero) is 2. The van der Waals surface area contributed by atoms with Crippen molar-refractivity contribution in [3.63, 3.8) is 0 Å². The fourth-order valence-electron chi connectivity index (χ4n) is 3.09. The van der Waals surface area contributed by atoms with E-state index in [4.69, 9.17) is 4.74 Å². The molecule has 3 rings (SSSR count). The van der Waals surface area contributed by atoms with Crippen LogP contribution in [0.15, 0.2) is 42.5 Å². The van der Waals surface area contributed by atoms with Gasteiger partial charge in [-0.05, 0) is 38.1 Å². The first-order valence-electron chi connectivity index (χ1n) is 7.06. The third kappa shape index (κ3) is 2.30. The van der Waals surface area contributed by atoms with Crippen LogP contribution in [0.1, 0.15) is 30.9 Å². The summed E-state index contributed by atoms with van der Waals surface area (Å²) in [4.78, 5) is 24.1. The minimum absolute atomic E-state index is 0.232. The third-order valence-electron chi connectivity index (χ3n) is 3.99. The van der Waals surface area contributed by atoms with Crippen molar-refractivity contribution in [2.24, 2.45) is 5.92 Å². The maximum atomic E-state index is 13.7. The molecule has 1 aliphatic heterocycles. The molecule has 0 fully saturated rings. The highest BCUT2D eigenvalue weighted by molar-refractivity contribution is 6.02. The van der Waals surface area contributed by atoms with Gasteiger partial charge in [-0.3, -0.25) is 9.59 Å². The fourth-order valence-corrected chi connectivity index (χ4v) is 3.09. The Morgan fingerprint density at radius 2 is 1.64 bits per heavy atom. The molecular formula is C18H15FO3. The van der Waals surface area contributed by atoms with Gasteiger partial charge in [0.05, 0.1) is 5.92 Å². The average molecular weight is 298 g/mol. The average Bonchev–Trinajstić information content (AvgIpc) is 2.46. The van der Waals surface area contributed by atoms with Crippen molar-refractivity contribution < 1.29 is 18.7 Å². The van der Waals surface area contributed by atoms with E-state index in [2.05, 4.69) is 0 Å². The number of hydrogen-bond acceptors (Lipinski definition) is 3. The predicted octanol–water partition coefficient (Wildman–Crippen LogP) is 3.86. The van der Waals surface area contributed by atoms with Crippen LogP contribution >= 0.6 is 0 Å². The number of carbonyl (C=O) groups is 2. The molecule has 22 heavy (non-hydrogen) atoms. The highest BCUT2D eigenvalue weighted by atomic mass is 19.1. The summed E-state index contributed by atoms with van der Waals surface area (Å²) in [5.41, 5.74) is 1.27. The van der Waals surface area contributed by atoms with Crippen molar-refractivity contribution in [2.75, 3.05) is 0 Å². The van der Waals surface area contributed by atoms with Gasteiger partial charge in [-0.2, -0.15) is 0 Å². The lowest BCUT2D eigenvalue weighted by molar-refractivity contribution is -0.130. The van der Waals surface area contributed by atoms with Crippen LogP contribution in [-0.4, -0.2) is 11.6 Å². The van der Waals surface area contributed by atoms with Gasteiger partial charge in [0.2, 0.25) is 0 Å². The monoisotopic (exact) mass is 298 g/mol. The number of ketones is 2. The van der Waals surface area contributed by atoms with E-state index >= 15 is 0 Å². The largest absolute Gasteiger partial charge is 0.457 e. The van der Waals surface area contributed by atoms with Crippen LogP contribution in [0.3, 0.4) is 0 Å². The third-order valence-corrected chi connectivity index (χ3v) is 3.99. The first-order valence-corrected chi connectivity index (χ1v) is 7.06. The van der Waals surface area contributed by atoms with E-state index in [0.29, 0.717) is 17.1 Å². The summed E-state index contributed by atoms with van der Waals surface area (Å²) >= 11 is 0. The molecule has 1 heterocycles. The molecule has 3 nitrogen and oxygen atoms in total. The zero-order valence-electron chi connectivity index (χ0n) is 12.3. The molecule has 2 aromatic rings. The summed E-state index contributed by atoms with van der Waals surface area (Å²) in [7, 11) is 0. The molecule has 0 spiro atoms. The number of para-hydroxylation sites is 1. The van der Waals surface area contributed by atoms with E-state index in [1.807, 2.05) is 18.2 Å².